The molecule has 2 rings (SSSR count). The number of hydrogen-bond acceptors (Lipinski definition) is 4. The molecule has 0 saturated carbocycles. The maximum Gasteiger partial charge on any atom is 0.311 e. The second-order valence-electron chi connectivity index (χ2n) is 6.16. The summed E-state index contributed by atoms with van der Waals surface area (Å²) in [5.41, 5.74) is -0.519. The average molecular weight is 333 g/mol. The van der Waals surface area contributed by atoms with Crippen molar-refractivity contribution in [3.8, 4) is 11.5 Å². The third-order valence-corrected chi connectivity index (χ3v) is 4.28. The number of amides is 1. The van der Waals surface area contributed by atoms with Crippen molar-refractivity contribution in [2.24, 2.45) is 5.41 Å². The number of methoxy groups -OCH3 is 1. The van der Waals surface area contributed by atoms with E-state index in [-0.39, 0.29) is 19.1 Å². The fourth-order valence-electron chi connectivity index (χ4n) is 2.83. The van der Waals surface area contributed by atoms with Crippen LogP contribution in [0.4, 0.5) is 0 Å². The molecule has 1 unspecified atom stereocenters. The summed E-state index contributed by atoms with van der Waals surface area (Å²) in [6.07, 6.45) is 2.82. The fraction of sp³-hybridized carbons (Fsp3) is 0.444. The Balaban J connectivity index is 2.28. The minimum Gasteiger partial charge on any atom is -0.497 e. The number of nitrogens with zero attached hydrogens (tertiary/aromatic N) is 1. The second kappa shape index (κ2) is 7.38. The molecule has 0 bridgehead atoms. The number of rotatable bonds is 6. The Kier molecular flexibility index (Phi) is 5.49. The number of carboxylic acid groups (broad SMARTS) is 1. The lowest BCUT2D eigenvalue weighted by Gasteiger charge is -2.37. The molecule has 0 radical (unpaired) electrons. The van der Waals surface area contributed by atoms with E-state index in [1.807, 2.05) is 0 Å². The van der Waals surface area contributed by atoms with E-state index < -0.39 is 11.4 Å². The molecule has 1 N–H and O–H groups in total. The summed E-state index contributed by atoms with van der Waals surface area (Å²) in [7, 11) is 1.54. The van der Waals surface area contributed by atoms with Gasteiger partial charge in [-0.15, -0.1) is 0 Å². The molecule has 24 heavy (non-hydrogen) atoms. The topological polar surface area (TPSA) is 76.1 Å². The highest BCUT2D eigenvalue weighted by atomic mass is 16.5. The van der Waals surface area contributed by atoms with Crippen LogP contribution in [-0.2, 0) is 4.79 Å². The van der Waals surface area contributed by atoms with Crippen LogP contribution in [-0.4, -0.2) is 48.7 Å². The minimum absolute atomic E-state index is 0.189. The van der Waals surface area contributed by atoms with Gasteiger partial charge in [0.05, 0.1) is 18.1 Å². The second-order valence-corrected chi connectivity index (χ2v) is 6.16. The Morgan fingerprint density at radius 2 is 2.21 bits per heavy atom. The maximum atomic E-state index is 12.9. The minimum atomic E-state index is -0.914. The van der Waals surface area contributed by atoms with Gasteiger partial charge in [-0.25, -0.2) is 0 Å². The van der Waals surface area contributed by atoms with Gasteiger partial charge in [0.15, 0.2) is 0 Å². The number of benzene rings is 1. The lowest BCUT2D eigenvalue weighted by Crippen LogP contribution is -2.48. The van der Waals surface area contributed by atoms with Crippen LogP contribution in [0.5, 0.6) is 11.5 Å². The molecule has 1 fully saturated rings. The van der Waals surface area contributed by atoms with E-state index in [9.17, 15) is 14.7 Å². The van der Waals surface area contributed by atoms with Gasteiger partial charge in [-0.3, -0.25) is 9.59 Å². The first-order valence-electron chi connectivity index (χ1n) is 7.85. The quantitative estimate of drug-likeness (QED) is 0.810. The Hall–Kier alpha value is -2.50. The molecule has 1 aromatic rings. The molecule has 1 atom stereocenters. The molecule has 1 heterocycles. The van der Waals surface area contributed by atoms with Gasteiger partial charge in [-0.05, 0) is 31.9 Å². The molecule has 130 valence electrons. The van der Waals surface area contributed by atoms with E-state index in [1.54, 1.807) is 36.1 Å². The molecule has 1 aromatic carbocycles. The molecular weight excluding hydrogens is 310 g/mol. The zero-order valence-corrected chi connectivity index (χ0v) is 14.1. The van der Waals surface area contributed by atoms with E-state index in [1.165, 1.54) is 7.11 Å². The molecule has 0 spiro atoms. The van der Waals surface area contributed by atoms with E-state index in [0.29, 0.717) is 36.4 Å². The van der Waals surface area contributed by atoms with Crippen molar-refractivity contribution < 1.29 is 24.2 Å². The van der Waals surface area contributed by atoms with Gasteiger partial charge in [0.1, 0.15) is 18.1 Å². The van der Waals surface area contributed by atoms with Crippen LogP contribution in [0.25, 0.3) is 0 Å². The highest BCUT2D eigenvalue weighted by Gasteiger charge is 2.39. The van der Waals surface area contributed by atoms with Crippen molar-refractivity contribution >= 4 is 11.9 Å². The van der Waals surface area contributed by atoms with Gasteiger partial charge in [0.25, 0.3) is 5.91 Å². The molecule has 6 heteroatoms. The molecule has 1 aliphatic heterocycles. The third kappa shape index (κ3) is 3.69. The number of carbonyl (C=O) groups excluding carboxylic acids is 1. The van der Waals surface area contributed by atoms with Crippen molar-refractivity contribution in [3.63, 3.8) is 0 Å². The summed E-state index contributed by atoms with van der Waals surface area (Å²) >= 11 is 0. The molecule has 1 amide bonds. The van der Waals surface area contributed by atoms with Crippen LogP contribution < -0.4 is 9.47 Å². The summed E-state index contributed by atoms with van der Waals surface area (Å²) in [6, 6.07) is 4.98. The highest BCUT2D eigenvalue weighted by molar-refractivity contribution is 5.97. The SMILES string of the molecule is C=CCOc1cc(OC)ccc1C(=O)N1CCCC(C)(C(=O)O)C1. The highest BCUT2D eigenvalue weighted by Crippen LogP contribution is 2.32. The van der Waals surface area contributed by atoms with Gasteiger partial charge in [-0.1, -0.05) is 12.7 Å². The Bertz CT molecular complexity index is 642. The Morgan fingerprint density at radius 3 is 2.83 bits per heavy atom. The summed E-state index contributed by atoms with van der Waals surface area (Å²) in [4.78, 5) is 25.9. The predicted molar refractivity (Wildman–Crippen MR) is 89.6 cm³/mol. The number of aliphatic carboxylic acids is 1. The Morgan fingerprint density at radius 1 is 1.46 bits per heavy atom. The van der Waals surface area contributed by atoms with E-state index in [4.69, 9.17) is 9.47 Å². The van der Waals surface area contributed by atoms with E-state index in [0.717, 1.165) is 0 Å². The number of piperidine rings is 1. The monoisotopic (exact) mass is 333 g/mol. The van der Waals surface area contributed by atoms with Crippen LogP contribution >= 0.6 is 0 Å². The first-order chi connectivity index (χ1) is 11.4. The summed E-state index contributed by atoms with van der Waals surface area (Å²) in [5, 5.41) is 9.42. The number of carboxylic acids is 1. The van der Waals surface area contributed by atoms with Crippen LogP contribution in [0, 0.1) is 5.41 Å². The lowest BCUT2D eigenvalue weighted by atomic mass is 9.82. The first-order valence-corrected chi connectivity index (χ1v) is 7.85. The standard InChI is InChI=1S/C18H23NO5/c1-4-10-24-15-11-13(23-3)6-7-14(15)16(20)19-9-5-8-18(2,12-19)17(21)22/h4,6-7,11H,1,5,8-10,12H2,2-3H3,(H,21,22). The summed E-state index contributed by atoms with van der Waals surface area (Å²) < 4.78 is 10.7. The number of ether oxygens (including phenoxy) is 2. The van der Waals surface area contributed by atoms with Crippen molar-refractivity contribution in [2.45, 2.75) is 19.8 Å². The summed E-state index contributed by atoms with van der Waals surface area (Å²) in [5.74, 6) is -0.122. The predicted octanol–water partition coefficient (Wildman–Crippen LogP) is 2.59. The first kappa shape index (κ1) is 17.8. The zero-order chi connectivity index (χ0) is 17.7. The lowest BCUT2D eigenvalue weighted by molar-refractivity contribution is -0.150. The molecule has 0 aliphatic carbocycles. The van der Waals surface area contributed by atoms with E-state index in [2.05, 4.69) is 6.58 Å². The van der Waals surface area contributed by atoms with Crippen molar-refractivity contribution in [1.29, 1.82) is 0 Å². The van der Waals surface area contributed by atoms with E-state index >= 15 is 0 Å². The van der Waals surface area contributed by atoms with Crippen molar-refractivity contribution in [3.05, 3.63) is 36.4 Å². The van der Waals surface area contributed by atoms with Crippen LogP contribution in [0.15, 0.2) is 30.9 Å². The largest absolute Gasteiger partial charge is 0.497 e. The molecule has 0 aromatic heterocycles. The number of hydrogen-bond donors (Lipinski definition) is 1. The van der Waals surface area contributed by atoms with Gasteiger partial charge in [0.2, 0.25) is 0 Å². The Labute approximate surface area is 141 Å². The van der Waals surface area contributed by atoms with Crippen molar-refractivity contribution in [1.82, 2.24) is 4.90 Å². The molecule has 1 aliphatic rings. The number of carbonyl (C=O) groups is 2. The molecule has 6 nitrogen and oxygen atoms in total. The smallest absolute Gasteiger partial charge is 0.311 e. The molecule has 1 saturated heterocycles. The normalized spacial score (nSPS) is 20.3. The summed E-state index contributed by atoms with van der Waals surface area (Å²) in [6.45, 7) is 6.27. The van der Waals surface area contributed by atoms with Gasteiger partial charge in [-0.2, -0.15) is 0 Å². The maximum absolute atomic E-state index is 12.9. The van der Waals surface area contributed by atoms with Crippen molar-refractivity contribution in [2.75, 3.05) is 26.8 Å². The fourth-order valence-corrected chi connectivity index (χ4v) is 2.83. The third-order valence-electron chi connectivity index (χ3n) is 4.28. The van der Waals surface area contributed by atoms with Crippen LogP contribution in [0.1, 0.15) is 30.1 Å². The van der Waals surface area contributed by atoms with Gasteiger partial charge < -0.3 is 19.5 Å². The zero-order valence-electron chi connectivity index (χ0n) is 14.1. The van der Waals surface area contributed by atoms with Gasteiger partial charge >= 0.3 is 5.97 Å². The average Bonchev–Trinajstić information content (AvgIpc) is 2.59. The molecular formula is C18H23NO5. The number of likely N-dealkylation sites (tertiary alicyclic amines) is 1. The van der Waals surface area contributed by atoms with Crippen LogP contribution in [0.3, 0.4) is 0 Å². The van der Waals surface area contributed by atoms with Crippen LogP contribution in [0.2, 0.25) is 0 Å². The van der Waals surface area contributed by atoms with Gasteiger partial charge in [0, 0.05) is 19.2 Å².